The standard InChI is InChI=1S/C21H26N4O4S/c1-12-5-4-6-13(9-12)11-30-21-24-18(22)17(20(27)25-21)23-19(26)14-7-8-15(28-2)16(10-14)29-3/h4-10,17-18,21,24H,11,22H2,1-3H3,(H,23,26)(H,25,27). The number of hydrogen-bond donors (Lipinski definition) is 4. The minimum Gasteiger partial charge on any atom is -0.493 e. The SMILES string of the molecule is COc1ccc(C(=O)NC2C(=O)NC(SCc3cccc(C)c3)NC2N)cc1OC. The molecule has 0 aromatic heterocycles. The number of methoxy groups -OCH3 is 2. The Morgan fingerprint density at radius 2 is 1.93 bits per heavy atom. The van der Waals surface area contributed by atoms with Crippen molar-refractivity contribution in [2.24, 2.45) is 5.73 Å². The van der Waals surface area contributed by atoms with Gasteiger partial charge in [0, 0.05) is 11.3 Å². The normalized spacial score (nSPS) is 20.9. The van der Waals surface area contributed by atoms with Crippen LogP contribution in [-0.2, 0) is 10.5 Å². The van der Waals surface area contributed by atoms with Gasteiger partial charge in [-0.2, -0.15) is 0 Å². The molecule has 0 radical (unpaired) electrons. The van der Waals surface area contributed by atoms with Crippen LogP contribution in [0.2, 0.25) is 0 Å². The molecule has 1 fully saturated rings. The van der Waals surface area contributed by atoms with E-state index in [-0.39, 0.29) is 11.4 Å². The minimum atomic E-state index is -0.901. The highest BCUT2D eigenvalue weighted by Crippen LogP contribution is 2.27. The number of thioether (sulfide) groups is 1. The smallest absolute Gasteiger partial charge is 0.252 e. The van der Waals surface area contributed by atoms with Crippen molar-refractivity contribution in [2.45, 2.75) is 30.4 Å². The van der Waals surface area contributed by atoms with E-state index in [0.717, 1.165) is 11.3 Å². The van der Waals surface area contributed by atoms with Crippen molar-refractivity contribution in [3.8, 4) is 11.5 Å². The maximum Gasteiger partial charge on any atom is 0.252 e. The van der Waals surface area contributed by atoms with Gasteiger partial charge in [-0.1, -0.05) is 29.8 Å². The Morgan fingerprint density at radius 3 is 2.60 bits per heavy atom. The average Bonchev–Trinajstić information content (AvgIpc) is 2.74. The molecule has 2 amide bonds. The van der Waals surface area contributed by atoms with E-state index in [1.807, 2.05) is 25.1 Å². The third kappa shape index (κ3) is 5.24. The van der Waals surface area contributed by atoms with Gasteiger partial charge in [-0.25, -0.2) is 0 Å². The Hall–Kier alpha value is -2.75. The zero-order valence-corrected chi connectivity index (χ0v) is 17.9. The van der Waals surface area contributed by atoms with Gasteiger partial charge in [-0.3, -0.25) is 14.9 Å². The third-order valence-corrected chi connectivity index (χ3v) is 5.78. The predicted octanol–water partition coefficient (Wildman–Crippen LogP) is 1.33. The molecule has 2 aromatic carbocycles. The van der Waals surface area contributed by atoms with Crippen molar-refractivity contribution in [2.75, 3.05) is 14.2 Å². The van der Waals surface area contributed by atoms with E-state index < -0.39 is 18.1 Å². The second kappa shape index (κ2) is 9.84. The summed E-state index contributed by atoms with van der Waals surface area (Å²) in [5.41, 5.74) is 8.47. The van der Waals surface area contributed by atoms with Crippen LogP contribution >= 0.6 is 11.8 Å². The summed E-state index contributed by atoms with van der Waals surface area (Å²) < 4.78 is 10.4. The van der Waals surface area contributed by atoms with Crippen LogP contribution in [0.4, 0.5) is 0 Å². The first-order chi connectivity index (χ1) is 14.4. The fourth-order valence-electron chi connectivity index (χ4n) is 3.12. The lowest BCUT2D eigenvalue weighted by atomic mass is 10.1. The molecule has 8 nitrogen and oxygen atoms in total. The molecule has 0 bridgehead atoms. The summed E-state index contributed by atoms with van der Waals surface area (Å²) in [5, 5.41) is 8.66. The third-order valence-electron chi connectivity index (χ3n) is 4.69. The van der Waals surface area contributed by atoms with E-state index in [1.54, 1.807) is 18.2 Å². The predicted molar refractivity (Wildman–Crippen MR) is 116 cm³/mol. The molecule has 5 N–H and O–H groups in total. The van der Waals surface area contributed by atoms with Crippen LogP contribution in [0.5, 0.6) is 11.5 Å². The summed E-state index contributed by atoms with van der Waals surface area (Å²) in [5.74, 6) is 0.885. The Bertz CT molecular complexity index is 924. The molecule has 3 rings (SSSR count). The lowest BCUT2D eigenvalue weighted by molar-refractivity contribution is -0.125. The van der Waals surface area contributed by atoms with E-state index in [2.05, 4.69) is 22.0 Å². The molecule has 0 aliphatic carbocycles. The Labute approximate surface area is 179 Å². The van der Waals surface area contributed by atoms with E-state index >= 15 is 0 Å². The van der Waals surface area contributed by atoms with Gasteiger partial charge in [0.15, 0.2) is 11.5 Å². The average molecular weight is 431 g/mol. The van der Waals surface area contributed by atoms with Gasteiger partial charge in [0.1, 0.15) is 11.5 Å². The zero-order valence-electron chi connectivity index (χ0n) is 17.1. The Kier molecular flexibility index (Phi) is 7.20. The van der Waals surface area contributed by atoms with E-state index in [0.29, 0.717) is 17.1 Å². The van der Waals surface area contributed by atoms with Gasteiger partial charge in [-0.15, -0.1) is 11.8 Å². The van der Waals surface area contributed by atoms with Crippen molar-refractivity contribution in [1.29, 1.82) is 0 Å². The molecule has 1 aliphatic heterocycles. The highest BCUT2D eigenvalue weighted by atomic mass is 32.2. The summed E-state index contributed by atoms with van der Waals surface area (Å²) in [6.45, 7) is 2.04. The molecule has 0 saturated carbocycles. The number of nitrogens with one attached hydrogen (secondary N) is 3. The van der Waals surface area contributed by atoms with Crippen molar-refractivity contribution in [1.82, 2.24) is 16.0 Å². The summed E-state index contributed by atoms with van der Waals surface area (Å²) in [6.07, 6.45) is -0.724. The van der Waals surface area contributed by atoms with Gasteiger partial charge in [0.2, 0.25) is 5.91 Å². The van der Waals surface area contributed by atoms with Crippen LogP contribution in [0.15, 0.2) is 42.5 Å². The van der Waals surface area contributed by atoms with Crippen LogP contribution in [-0.4, -0.2) is 43.7 Å². The molecular formula is C21H26N4O4S. The van der Waals surface area contributed by atoms with Crippen LogP contribution in [0.25, 0.3) is 0 Å². The van der Waals surface area contributed by atoms with Crippen LogP contribution < -0.4 is 31.2 Å². The number of benzene rings is 2. The highest BCUT2D eigenvalue weighted by molar-refractivity contribution is 7.99. The molecule has 160 valence electrons. The molecule has 1 heterocycles. The van der Waals surface area contributed by atoms with Crippen LogP contribution in [0.3, 0.4) is 0 Å². The van der Waals surface area contributed by atoms with Crippen LogP contribution in [0.1, 0.15) is 21.5 Å². The van der Waals surface area contributed by atoms with Gasteiger partial charge < -0.3 is 25.8 Å². The number of amides is 2. The molecule has 3 unspecified atom stereocenters. The zero-order chi connectivity index (χ0) is 21.7. The number of carbonyl (C=O) groups is 2. The fourth-order valence-corrected chi connectivity index (χ4v) is 4.11. The molecule has 1 saturated heterocycles. The molecule has 2 aromatic rings. The monoisotopic (exact) mass is 430 g/mol. The van der Waals surface area contributed by atoms with Gasteiger partial charge in [0.25, 0.3) is 5.91 Å². The van der Waals surface area contributed by atoms with Crippen molar-refractivity contribution in [3.05, 3.63) is 59.2 Å². The molecular weight excluding hydrogens is 404 g/mol. The number of carbonyl (C=O) groups excluding carboxylic acids is 2. The second-order valence-electron chi connectivity index (χ2n) is 6.90. The number of hydrogen-bond acceptors (Lipinski definition) is 7. The number of nitrogens with two attached hydrogens (primary N) is 1. The van der Waals surface area contributed by atoms with Crippen LogP contribution in [0, 0.1) is 6.92 Å². The summed E-state index contributed by atoms with van der Waals surface area (Å²) >= 11 is 1.53. The lowest BCUT2D eigenvalue weighted by Crippen LogP contribution is -2.70. The largest absolute Gasteiger partial charge is 0.493 e. The number of rotatable bonds is 7. The molecule has 0 spiro atoms. The maximum absolute atomic E-state index is 12.6. The molecule has 9 heteroatoms. The number of aryl methyl sites for hydroxylation is 1. The number of ether oxygens (including phenoxy) is 2. The first kappa shape index (κ1) is 21.9. The van der Waals surface area contributed by atoms with Crippen molar-refractivity contribution >= 4 is 23.6 Å². The van der Waals surface area contributed by atoms with Crippen molar-refractivity contribution in [3.63, 3.8) is 0 Å². The first-order valence-electron chi connectivity index (χ1n) is 9.43. The first-order valence-corrected chi connectivity index (χ1v) is 10.5. The summed E-state index contributed by atoms with van der Waals surface area (Å²) in [6, 6.07) is 12.1. The highest BCUT2D eigenvalue weighted by Gasteiger charge is 2.35. The van der Waals surface area contributed by atoms with Gasteiger partial charge in [0.05, 0.1) is 20.4 Å². The van der Waals surface area contributed by atoms with Crippen molar-refractivity contribution < 1.29 is 19.1 Å². The Morgan fingerprint density at radius 1 is 1.17 bits per heavy atom. The Balaban J connectivity index is 1.59. The topological polar surface area (TPSA) is 115 Å². The molecule has 30 heavy (non-hydrogen) atoms. The second-order valence-corrected chi connectivity index (χ2v) is 8.00. The lowest BCUT2D eigenvalue weighted by Gasteiger charge is -2.35. The quantitative estimate of drug-likeness (QED) is 0.524. The minimum absolute atomic E-state index is 0.336. The summed E-state index contributed by atoms with van der Waals surface area (Å²) in [7, 11) is 3.00. The van der Waals surface area contributed by atoms with E-state index in [4.69, 9.17) is 15.2 Å². The fraction of sp³-hybridized carbons (Fsp3) is 0.333. The van der Waals surface area contributed by atoms with E-state index in [1.165, 1.54) is 31.5 Å². The summed E-state index contributed by atoms with van der Waals surface area (Å²) in [4.78, 5) is 25.2. The van der Waals surface area contributed by atoms with Gasteiger partial charge in [-0.05, 0) is 30.7 Å². The molecule has 1 aliphatic rings. The molecule has 3 atom stereocenters. The maximum atomic E-state index is 12.6. The van der Waals surface area contributed by atoms with E-state index in [9.17, 15) is 9.59 Å². The van der Waals surface area contributed by atoms with Gasteiger partial charge >= 0.3 is 0 Å².